The molecule has 0 saturated heterocycles. The molecular weight excluding hydrogens is 550 g/mol. The molecule has 4 aromatic carbocycles. The van der Waals surface area contributed by atoms with E-state index in [9.17, 15) is 19.2 Å². The van der Waals surface area contributed by atoms with Gasteiger partial charge in [0.2, 0.25) is 12.7 Å². The molecule has 2 aliphatic rings. The Morgan fingerprint density at radius 2 is 1.67 bits per heavy atom. The zero-order valence-corrected chi connectivity index (χ0v) is 23.2. The molecule has 0 aromatic heterocycles. The number of ketones is 1. The van der Waals surface area contributed by atoms with Crippen molar-refractivity contribution in [1.29, 1.82) is 0 Å². The Morgan fingerprint density at radius 3 is 2.49 bits per heavy atom. The van der Waals surface area contributed by atoms with Crippen molar-refractivity contribution in [2.75, 3.05) is 30.7 Å². The molecule has 0 spiro atoms. The maximum absolute atomic E-state index is 14.2. The Morgan fingerprint density at radius 1 is 0.907 bits per heavy atom. The van der Waals surface area contributed by atoms with Crippen LogP contribution in [0.15, 0.2) is 97.1 Å². The number of nitrogens with one attached hydrogen (secondary N) is 1. The Kier molecular flexibility index (Phi) is 7.48. The summed E-state index contributed by atoms with van der Waals surface area (Å²) in [5.74, 6) is -0.951. The van der Waals surface area contributed by atoms with Crippen molar-refractivity contribution in [1.82, 2.24) is 4.90 Å². The van der Waals surface area contributed by atoms with E-state index in [0.29, 0.717) is 34.2 Å². The van der Waals surface area contributed by atoms with Gasteiger partial charge in [-0.1, -0.05) is 54.6 Å². The van der Waals surface area contributed by atoms with E-state index in [4.69, 9.17) is 14.2 Å². The lowest BCUT2D eigenvalue weighted by Crippen LogP contribution is -2.46. The van der Waals surface area contributed by atoms with E-state index in [-0.39, 0.29) is 18.9 Å². The number of rotatable bonds is 9. The number of fused-ring (bicyclic) bond motifs is 2. The van der Waals surface area contributed by atoms with E-state index in [0.717, 1.165) is 10.5 Å². The van der Waals surface area contributed by atoms with Gasteiger partial charge in [0.1, 0.15) is 18.3 Å². The first-order valence-corrected chi connectivity index (χ1v) is 13.6. The third kappa shape index (κ3) is 5.50. The molecule has 0 fully saturated rings. The Labute approximate surface area is 247 Å². The zero-order valence-electron chi connectivity index (χ0n) is 23.2. The summed E-state index contributed by atoms with van der Waals surface area (Å²) >= 11 is 0. The molecule has 43 heavy (non-hydrogen) atoms. The number of carbonyl (C=O) groups is 4. The van der Waals surface area contributed by atoms with Crippen LogP contribution in [0.5, 0.6) is 17.2 Å². The minimum atomic E-state index is -1.14. The zero-order chi connectivity index (χ0) is 29.9. The molecule has 1 N–H and O–H groups in total. The quantitative estimate of drug-likeness (QED) is 0.294. The molecule has 1 atom stereocenters. The van der Waals surface area contributed by atoms with Gasteiger partial charge in [-0.2, -0.15) is 0 Å². The van der Waals surface area contributed by atoms with Crippen molar-refractivity contribution < 1.29 is 33.4 Å². The van der Waals surface area contributed by atoms with Gasteiger partial charge >= 0.3 is 0 Å². The van der Waals surface area contributed by atoms with Gasteiger partial charge in [-0.05, 0) is 47.5 Å². The Bertz CT molecular complexity index is 1720. The summed E-state index contributed by atoms with van der Waals surface area (Å²) in [6.07, 6.45) is 0. The van der Waals surface area contributed by atoms with Gasteiger partial charge in [0.25, 0.3) is 17.6 Å². The molecule has 10 heteroatoms. The van der Waals surface area contributed by atoms with E-state index < -0.39 is 36.1 Å². The van der Waals surface area contributed by atoms with Crippen molar-refractivity contribution in [3.63, 3.8) is 0 Å². The Balaban J connectivity index is 1.39. The smallest absolute Gasteiger partial charge is 0.299 e. The van der Waals surface area contributed by atoms with Crippen LogP contribution in [-0.4, -0.2) is 48.9 Å². The fraction of sp³-hybridized carbons (Fsp3) is 0.152. The molecule has 0 radical (unpaired) electrons. The number of Topliss-reactive ketones (excluding diaryl/α,β-unsaturated/α-hetero) is 1. The number of ether oxygens (including phenoxy) is 3. The number of hydrogen-bond acceptors (Lipinski definition) is 7. The van der Waals surface area contributed by atoms with Crippen LogP contribution in [0.4, 0.5) is 11.4 Å². The molecule has 0 aliphatic carbocycles. The van der Waals surface area contributed by atoms with Crippen molar-refractivity contribution in [2.45, 2.75) is 12.6 Å². The van der Waals surface area contributed by atoms with Crippen molar-refractivity contribution >= 4 is 34.9 Å². The first-order chi connectivity index (χ1) is 20.9. The largest absolute Gasteiger partial charge is 0.497 e. The minimum Gasteiger partial charge on any atom is -0.497 e. The number of hydrogen-bond donors (Lipinski definition) is 1. The summed E-state index contributed by atoms with van der Waals surface area (Å²) in [6, 6.07) is 26.5. The van der Waals surface area contributed by atoms with Gasteiger partial charge in [-0.3, -0.25) is 24.1 Å². The first kappa shape index (κ1) is 27.5. The van der Waals surface area contributed by atoms with E-state index in [1.165, 1.54) is 12.0 Å². The van der Waals surface area contributed by atoms with Gasteiger partial charge in [0.15, 0.2) is 11.5 Å². The second-order valence-corrected chi connectivity index (χ2v) is 9.98. The standard InChI is InChI=1S/C33H27N3O7/c1-41-24-11-7-10-22(16-24)30(32(39)34-23-14-15-27-28(17-23)43-20-42-27)36(18-21-8-3-2-4-9-21)29(37)19-35-26-13-6-5-12-25(26)31(38)33(35)40/h2-17,30H,18-20H2,1H3,(H,34,39). The van der Waals surface area contributed by atoms with Crippen molar-refractivity contribution in [3.05, 3.63) is 114 Å². The highest BCUT2D eigenvalue weighted by Gasteiger charge is 2.39. The molecule has 10 nitrogen and oxygen atoms in total. The number of anilines is 2. The van der Waals surface area contributed by atoms with Gasteiger partial charge in [-0.15, -0.1) is 0 Å². The number of para-hydroxylation sites is 1. The lowest BCUT2D eigenvalue weighted by molar-refractivity contribution is -0.139. The number of methoxy groups -OCH3 is 1. The maximum atomic E-state index is 14.2. The molecule has 4 aromatic rings. The monoisotopic (exact) mass is 577 g/mol. The fourth-order valence-corrected chi connectivity index (χ4v) is 5.20. The molecular formula is C33H27N3O7. The molecule has 216 valence electrons. The van der Waals surface area contributed by atoms with Crippen LogP contribution in [0.25, 0.3) is 0 Å². The van der Waals surface area contributed by atoms with Gasteiger partial charge in [0.05, 0.1) is 18.4 Å². The van der Waals surface area contributed by atoms with Gasteiger partial charge < -0.3 is 24.4 Å². The SMILES string of the molecule is COc1cccc(C(C(=O)Nc2ccc3c(c2)OCO3)N(Cc2ccccc2)C(=O)CN2C(=O)C(=O)c3ccccc32)c1. The number of nitrogens with zero attached hydrogens (tertiary/aromatic N) is 2. The second-order valence-electron chi connectivity index (χ2n) is 9.98. The van der Waals surface area contributed by atoms with Crippen LogP contribution in [-0.2, 0) is 20.9 Å². The van der Waals surface area contributed by atoms with E-state index in [2.05, 4.69) is 5.32 Å². The maximum Gasteiger partial charge on any atom is 0.299 e. The van der Waals surface area contributed by atoms with Crippen LogP contribution >= 0.6 is 0 Å². The van der Waals surface area contributed by atoms with E-state index in [1.807, 2.05) is 30.3 Å². The van der Waals surface area contributed by atoms with E-state index >= 15 is 0 Å². The van der Waals surface area contributed by atoms with Crippen LogP contribution < -0.4 is 24.4 Å². The first-order valence-electron chi connectivity index (χ1n) is 13.6. The van der Waals surface area contributed by atoms with E-state index in [1.54, 1.807) is 66.7 Å². The lowest BCUT2D eigenvalue weighted by atomic mass is 10.0. The third-order valence-corrected chi connectivity index (χ3v) is 7.30. The number of carbonyl (C=O) groups excluding carboxylic acids is 4. The molecule has 0 saturated carbocycles. The van der Waals surface area contributed by atoms with Crippen molar-refractivity contribution in [3.8, 4) is 17.2 Å². The van der Waals surface area contributed by atoms with Gasteiger partial charge in [-0.25, -0.2) is 0 Å². The van der Waals surface area contributed by atoms with Crippen LogP contribution in [0.2, 0.25) is 0 Å². The average molecular weight is 578 g/mol. The van der Waals surface area contributed by atoms with Crippen LogP contribution in [0, 0.1) is 0 Å². The Hall–Kier alpha value is -5.64. The minimum absolute atomic E-state index is 0.0493. The van der Waals surface area contributed by atoms with Crippen LogP contribution in [0.1, 0.15) is 27.5 Å². The molecule has 2 aliphatic heterocycles. The third-order valence-electron chi connectivity index (χ3n) is 7.30. The summed E-state index contributed by atoms with van der Waals surface area (Å²) in [4.78, 5) is 56.5. The molecule has 1 unspecified atom stereocenters. The highest BCUT2D eigenvalue weighted by Crippen LogP contribution is 2.36. The second kappa shape index (κ2) is 11.7. The molecule has 3 amide bonds. The van der Waals surface area contributed by atoms with Crippen molar-refractivity contribution in [2.24, 2.45) is 0 Å². The summed E-state index contributed by atoms with van der Waals surface area (Å²) in [5.41, 5.74) is 2.30. The predicted octanol–water partition coefficient (Wildman–Crippen LogP) is 4.36. The molecule has 6 rings (SSSR count). The fourth-order valence-electron chi connectivity index (χ4n) is 5.20. The normalized spacial score (nSPS) is 13.8. The summed E-state index contributed by atoms with van der Waals surface area (Å²) < 4.78 is 16.3. The highest BCUT2D eigenvalue weighted by molar-refractivity contribution is 6.52. The van der Waals surface area contributed by atoms with Gasteiger partial charge in [0, 0.05) is 18.3 Å². The predicted molar refractivity (Wildman–Crippen MR) is 157 cm³/mol. The number of benzene rings is 4. The topological polar surface area (TPSA) is 114 Å². The molecule has 0 bridgehead atoms. The lowest BCUT2D eigenvalue weighted by Gasteiger charge is -2.33. The van der Waals surface area contributed by atoms with Crippen LogP contribution in [0.3, 0.4) is 0 Å². The molecule has 2 heterocycles. The number of amides is 3. The highest BCUT2D eigenvalue weighted by atomic mass is 16.7. The summed E-state index contributed by atoms with van der Waals surface area (Å²) in [7, 11) is 1.52. The summed E-state index contributed by atoms with van der Waals surface area (Å²) in [5, 5.41) is 2.91. The average Bonchev–Trinajstić information content (AvgIpc) is 3.59. The summed E-state index contributed by atoms with van der Waals surface area (Å²) in [6.45, 7) is -0.306.